The fourth-order valence-electron chi connectivity index (χ4n) is 5.55. The zero-order valence-electron chi connectivity index (χ0n) is 24.2. The smallest absolute Gasteiger partial charge is 0.192 e. The topological polar surface area (TPSA) is 78.6 Å². The molecule has 0 saturated carbocycles. The van der Waals surface area contributed by atoms with Crippen molar-refractivity contribution in [2.75, 3.05) is 6.61 Å². The van der Waals surface area contributed by atoms with E-state index in [-0.39, 0.29) is 16.9 Å². The summed E-state index contributed by atoms with van der Waals surface area (Å²) in [6.45, 7) is 12.8. The van der Waals surface area contributed by atoms with Crippen LogP contribution in [-0.2, 0) is 11.0 Å². The first kappa shape index (κ1) is 27.7. The van der Waals surface area contributed by atoms with Crippen LogP contribution in [0.4, 0.5) is 0 Å². The normalized spacial score (nSPS) is 17.2. The Bertz CT molecular complexity index is 1680. The molecule has 6 rings (SSSR count). The summed E-state index contributed by atoms with van der Waals surface area (Å²) in [7, 11) is -1.98. The van der Waals surface area contributed by atoms with Crippen molar-refractivity contribution in [2.45, 2.75) is 63.7 Å². The van der Waals surface area contributed by atoms with Gasteiger partial charge in [-0.15, -0.1) is 10.2 Å². The first-order valence-corrected chi connectivity index (χ1v) is 17.4. The van der Waals surface area contributed by atoms with E-state index in [1.807, 2.05) is 18.5 Å². The van der Waals surface area contributed by atoms with E-state index in [0.717, 1.165) is 34.6 Å². The summed E-state index contributed by atoms with van der Waals surface area (Å²) in [4.78, 5) is 13.2. The number of nitrogens with zero attached hydrogens (tertiary/aromatic N) is 6. The lowest BCUT2D eigenvalue weighted by molar-refractivity contribution is 0.257. The van der Waals surface area contributed by atoms with E-state index in [4.69, 9.17) is 26.2 Å². The van der Waals surface area contributed by atoms with Gasteiger partial charge in [-0.2, -0.15) is 0 Å². The Hall–Kier alpha value is -3.46. The molecular formula is C32H35ClN6OSi. The van der Waals surface area contributed by atoms with Gasteiger partial charge in [0.05, 0.1) is 17.7 Å². The lowest BCUT2D eigenvalue weighted by atomic mass is 9.93. The van der Waals surface area contributed by atoms with E-state index in [1.54, 1.807) is 0 Å². The van der Waals surface area contributed by atoms with Gasteiger partial charge in [-0.25, -0.2) is 15.0 Å². The maximum absolute atomic E-state index is 6.87. The van der Waals surface area contributed by atoms with Gasteiger partial charge in [-0.1, -0.05) is 93.0 Å². The quantitative estimate of drug-likeness (QED) is 0.143. The number of fused-ring (bicyclic) bond motifs is 2. The van der Waals surface area contributed by atoms with E-state index in [0.29, 0.717) is 23.8 Å². The lowest BCUT2D eigenvalue weighted by Crippen LogP contribution is -2.41. The predicted molar refractivity (Wildman–Crippen MR) is 166 cm³/mol. The lowest BCUT2D eigenvalue weighted by Gasteiger charge is -2.37. The van der Waals surface area contributed by atoms with Crippen LogP contribution in [0.2, 0.25) is 23.3 Å². The van der Waals surface area contributed by atoms with Crippen molar-refractivity contribution in [1.82, 2.24) is 29.7 Å². The number of halogens is 1. The molecule has 7 nitrogen and oxygen atoms in total. The van der Waals surface area contributed by atoms with Gasteiger partial charge in [-0.3, -0.25) is 0 Å². The molecule has 0 amide bonds. The maximum atomic E-state index is 6.87. The number of aromatic nitrogens is 6. The highest BCUT2D eigenvalue weighted by molar-refractivity contribution is 6.74. The van der Waals surface area contributed by atoms with Gasteiger partial charge in [0.25, 0.3) is 0 Å². The first-order chi connectivity index (χ1) is 19.6. The summed E-state index contributed by atoms with van der Waals surface area (Å²) in [5.41, 5.74) is 7.82. The van der Waals surface area contributed by atoms with Crippen LogP contribution < -0.4 is 0 Å². The van der Waals surface area contributed by atoms with E-state index in [2.05, 4.69) is 102 Å². The minimum Gasteiger partial charge on any atom is -0.416 e. The van der Waals surface area contributed by atoms with E-state index >= 15 is 0 Å². The van der Waals surface area contributed by atoms with Crippen LogP contribution in [0.25, 0.3) is 33.7 Å². The van der Waals surface area contributed by atoms with Gasteiger partial charge in [-0.05, 0) is 35.7 Å². The molecule has 0 saturated heterocycles. The Morgan fingerprint density at radius 2 is 1.44 bits per heavy atom. The molecule has 0 aliphatic heterocycles. The zero-order valence-corrected chi connectivity index (χ0v) is 25.9. The third-order valence-electron chi connectivity index (χ3n) is 8.76. The Morgan fingerprint density at radius 3 is 2.02 bits per heavy atom. The van der Waals surface area contributed by atoms with Crippen molar-refractivity contribution in [2.24, 2.45) is 0 Å². The van der Waals surface area contributed by atoms with Gasteiger partial charge in [0.15, 0.2) is 19.1 Å². The molecule has 0 bridgehead atoms. The van der Waals surface area contributed by atoms with Crippen molar-refractivity contribution in [3.8, 4) is 22.5 Å². The largest absolute Gasteiger partial charge is 0.416 e. The molecule has 1 aliphatic carbocycles. The second-order valence-electron chi connectivity index (χ2n) is 12.4. The van der Waals surface area contributed by atoms with Crippen molar-refractivity contribution < 1.29 is 4.43 Å². The van der Waals surface area contributed by atoms with Crippen molar-refractivity contribution in [3.05, 3.63) is 89.6 Å². The Balaban J connectivity index is 1.51. The molecule has 0 unspecified atom stereocenters. The molecule has 0 fully saturated rings. The average Bonchev–Trinajstić information content (AvgIpc) is 3.54. The van der Waals surface area contributed by atoms with Gasteiger partial charge < -0.3 is 8.99 Å². The van der Waals surface area contributed by atoms with Crippen LogP contribution in [-0.4, -0.2) is 44.6 Å². The van der Waals surface area contributed by atoms with Gasteiger partial charge in [0.2, 0.25) is 0 Å². The third kappa shape index (κ3) is 5.20. The van der Waals surface area contributed by atoms with Crippen molar-refractivity contribution in [1.29, 1.82) is 0 Å². The van der Waals surface area contributed by atoms with Crippen LogP contribution in [0, 0.1) is 0 Å². The van der Waals surface area contributed by atoms with Crippen LogP contribution in [0.5, 0.6) is 0 Å². The molecule has 0 N–H and O–H groups in total. The summed E-state index contributed by atoms with van der Waals surface area (Å²) in [6.07, 6.45) is 4.23. The fourth-order valence-corrected chi connectivity index (χ4v) is 6.78. The highest BCUT2D eigenvalue weighted by atomic mass is 35.5. The molecular weight excluding hydrogens is 548 g/mol. The monoisotopic (exact) mass is 582 g/mol. The molecule has 0 radical (unpaired) electrons. The van der Waals surface area contributed by atoms with Gasteiger partial charge in [0, 0.05) is 36.1 Å². The molecule has 5 aromatic rings. The van der Waals surface area contributed by atoms with Crippen LogP contribution in [0.3, 0.4) is 0 Å². The van der Waals surface area contributed by atoms with Crippen LogP contribution >= 0.6 is 11.6 Å². The SMILES string of the molecule is CC(C)(C)[Si](C)(C)OC[C@H]1C[C@@H](Cn2cnc3c(Cl)ncnc32)c2c(-c3ccccc3)nnc(-c3ccccc3)c21. The minimum absolute atomic E-state index is 0.122. The van der Waals surface area contributed by atoms with Crippen molar-refractivity contribution in [3.63, 3.8) is 0 Å². The molecule has 2 atom stereocenters. The van der Waals surface area contributed by atoms with Gasteiger partial charge in [0.1, 0.15) is 11.8 Å². The Labute approximate surface area is 247 Å². The summed E-state index contributed by atoms with van der Waals surface area (Å²) in [5, 5.41) is 10.2. The highest BCUT2D eigenvalue weighted by Gasteiger charge is 2.42. The summed E-state index contributed by atoms with van der Waals surface area (Å²) in [5.74, 6) is 0.322. The van der Waals surface area contributed by atoms with E-state index < -0.39 is 8.32 Å². The fraction of sp³-hybridized carbons (Fsp3) is 0.344. The molecule has 0 spiro atoms. The number of hydrogen-bond donors (Lipinski definition) is 0. The first-order valence-electron chi connectivity index (χ1n) is 14.1. The Morgan fingerprint density at radius 1 is 0.854 bits per heavy atom. The number of imidazole rings is 1. The minimum atomic E-state index is -1.98. The highest BCUT2D eigenvalue weighted by Crippen LogP contribution is 2.50. The van der Waals surface area contributed by atoms with Crippen LogP contribution in [0.1, 0.15) is 50.2 Å². The molecule has 2 aromatic carbocycles. The van der Waals surface area contributed by atoms with Gasteiger partial charge >= 0.3 is 0 Å². The number of hydrogen-bond acceptors (Lipinski definition) is 6. The van der Waals surface area contributed by atoms with Crippen molar-refractivity contribution >= 4 is 31.1 Å². The van der Waals surface area contributed by atoms with E-state index in [1.165, 1.54) is 17.5 Å². The maximum Gasteiger partial charge on any atom is 0.192 e. The Kier molecular flexibility index (Phi) is 7.26. The summed E-state index contributed by atoms with van der Waals surface area (Å²) < 4.78 is 8.96. The molecule has 41 heavy (non-hydrogen) atoms. The zero-order chi connectivity index (χ0) is 28.8. The summed E-state index contributed by atoms with van der Waals surface area (Å²) in [6, 6.07) is 20.8. The van der Waals surface area contributed by atoms with E-state index in [9.17, 15) is 0 Å². The predicted octanol–water partition coefficient (Wildman–Crippen LogP) is 7.90. The second kappa shape index (κ2) is 10.7. The third-order valence-corrected chi connectivity index (χ3v) is 13.5. The summed E-state index contributed by atoms with van der Waals surface area (Å²) >= 11 is 6.35. The van der Waals surface area contributed by atoms with Crippen LogP contribution in [0.15, 0.2) is 73.3 Å². The molecule has 1 aliphatic rings. The standard InChI is InChI=1S/C32H35ClN6OSi/c1-32(2,3)41(4,5)40-18-24-16-23(17-39-20-36-29-30(33)34-19-35-31(29)39)25-26(24)28(22-14-10-7-11-15-22)38-37-27(25)21-12-8-6-9-13-21/h6-15,19-20,23-24H,16-18H2,1-5H3/t23-,24+/m0/s1. The molecule has 210 valence electrons. The average molecular weight is 583 g/mol. The number of rotatable bonds is 7. The second-order valence-corrected chi connectivity index (χ2v) is 17.6. The molecule has 3 aromatic heterocycles. The number of benzene rings is 2. The molecule has 9 heteroatoms. The molecule has 3 heterocycles.